The van der Waals surface area contributed by atoms with Gasteiger partial charge in [-0.25, -0.2) is 0 Å². The van der Waals surface area contributed by atoms with Gasteiger partial charge in [-0.1, -0.05) is 6.92 Å². The number of hydrogen-bond acceptors (Lipinski definition) is 9. The zero-order chi connectivity index (χ0) is 27.7. The standard InChI is InChI=1S/C28H35N3O7/c1-12-4-6-14(7-5-12)30-17-8-9-18(32)20-15(17)10-13-11-16-22(31(2)3)24(34)21(27(29)37)26(36)28(16,38)25(35)19(13)23(20)33/h8-9,12-14,16,22,30,32-33,36,38H,4-7,10-11H2,1-3H3,(H2,29,37). The molecule has 0 aromatic heterocycles. The summed E-state index contributed by atoms with van der Waals surface area (Å²) < 4.78 is 0. The smallest absolute Gasteiger partial charge is 0.255 e. The number of amides is 1. The van der Waals surface area contributed by atoms with Crippen LogP contribution in [-0.2, 0) is 20.8 Å². The molecule has 5 rings (SSSR count). The molecule has 7 N–H and O–H groups in total. The van der Waals surface area contributed by atoms with E-state index in [2.05, 4.69) is 12.2 Å². The highest BCUT2D eigenvalue weighted by Gasteiger charge is 2.64. The molecule has 4 aliphatic rings. The second-order valence-corrected chi connectivity index (χ2v) is 11.5. The summed E-state index contributed by atoms with van der Waals surface area (Å²) in [6.45, 7) is 2.24. The Morgan fingerprint density at radius 3 is 2.37 bits per heavy atom. The molecule has 2 saturated carbocycles. The van der Waals surface area contributed by atoms with E-state index < -0.39 is 58.0 Å². The molecule has 1 amide bonds. The number of aromatic hydroxyl groups is 1. The third-order valence-corrected chi connectivity index (χ3v) is 8.98. The average Bonchev–Trinajstić information content (AvgIpc) is 2.84. The van der Waals surface area contributed by atoms with Crippen LogP contribution in [-0.4, -0.2) is 74.6 Å². The number of carbonyl (C=O) groups excluding carboxylic acids is 3. The van der Waals surface area contributed by atoms with E-state index in [4.69, 9.17) is 5.73 Å². The maximum absolute atomic E-state index is 13.9. The highest BCUT2D eigenvalue weighted by Crippen LogP contribution is 2.53. The summed E-state index contributed by atoms with van der Waals surface area (Å²) in [4.78, 5) is 40.7. The van der Waals surface area contributed by atoms with Crippen LogP contribution in [0.1, 0.15) is 50.2 Å². The number of anilines is 1. The summed E-state index contributed by atoms with van der Waals surface area (Å²) in [7, 11) is 3.16. The Morgan fingerprint density at radius 2 is 1.76 bits per heavy atom. The van der Waals surface area contributed by atoms with E-state index in [1.54, 1.807) is 20.2 Å². The number of nitrogens with one attached hydrogen (secondary N) is 1. The molecule has 204 valence electrons. The van der Waals surface area contributed by atoms with E-state index in [0.717, 1.165) is 31.4 Å². The van der Waals surface area contributed by atoms with Crippen LogP contribution >= 0.6 is 0 Å². The van der Waals surface area contributed by atoms with Crippen molar-refractivity contribution in [2.75, 3.05) is 19.4 Å². The molecule has 0 spiro atoms. The minimum atomic E-state index is -2.63. The molecule has 1 aromatic carbocycles. The number of phenols is 1. The molecule has 0 heterocycles. The first-order valence-electron chi connectivity index (χ1n) is 13.1. The lowest BCUT2D eigenvalue weighted by Gasteiger charge is -2.50. The molecule has 0 bridgehead atoms. The van der Waals surface area contributed by atoms with Gasteiger partial charge in [-0.2, -0.15) is 0 Å². The molecular formula is C28H35N3O7. The van der Waals surface area contributed by atoms with Crippen LogP contribution in [0.3, 0.4) is 0 Å². The molecule has 10 heteroatoms. The predicted octanol–water partition coefficient (Wildman–Crippen LogP) is 1.95. The van der Waals surface area contributed by atoms with Crippen molar-refractivity contribution < 1.29 is 34.8 Å². The van der Waals surface area contributed by atoms with Crippen molar-refractivity contribution in [2.24, 2.45) is 23.5 Å². The van der Waals surface area contributed by atoms with Crippen molar-refractivity contribution in [3.63, 3.8) is 0 Å². The third kappa shape index (κ3) is 3.72. The zero-order valence-electron chi connectivity index (χ0n) is 21.8. The Morgan fingerprint density at radius 1 is 1.11 bits per heavy atom. The number of aliphatic hydroxyl groups is 3. The van der Waals surface area contributed by atoms with E-state index in [9.17, 15) is 34.8 Å². The van der Waals surface area contributed by atoms with Crippen molar-refractivity contribution >= 4 is 28.9 Å². The number of rotatable bonds is 4. The monoisotopic (exact) mass is 525 g/mol. The van der Waals surface area contributed by atoms with Gasteiger partial charge in [0.2, 0.25) is 5.78 Å². The van der Waals surface area contributed by atoms with Crippen LogP contribution in [0, 0.1) is 17.8 Å². The van der Waals surface area contributed by atoms with Crippen LogP contribution in [0.25, 0.3) is 5.76 Å². The van der Waals surface area contributed by atoms with Gasteiger partial charge in [-0.05, 0) is 82.2 Å². The Kier molecular flexibility index (Phi) is 6.30. The van der Waals surface area contributed by atoms with Crippen molar-refractivity contribution in [3.05, 3.63) is 40.2 Å². The first kappa shape index (κ1) is 26.2. The number of likely N-dealkylation sites (N-methyl/N-ethyl adjacent to an activating group) is 1. The molecule has 4 unspecified atom stereocenters. The van der Waals surface area contributed by atoms with Gasteiger partial charge in [0.1, 0.15) is 22.8 Å². The average molecular weight is 526 g/mol. The summed E-state index contributed by atoms with van der Waals surface area (Å²) in [6, 6.07) is 2.37. The Balaban J connectivity index is 1.62. The summed E-state index contributed by atoms with van der Waals surface area (Å²) in [6.07, 6.45) is 4.56. The molecule has 4 atom stereocenters. The Bertz CT molecular complexity index is 1290. The predicted molar refractivity (Wildman–Crippen MR) is 139 cm³/mol. The van der Waals surface area contributed by atoms with Gasteiger partial charge in [0.15, 0.2) is 11.4 Å². The molecule has 4 aliphatic carbocycles. The minimum absolute atomic E-state index is 0.0712. The fourth-order valence-corrected chi connectivity index (χ4v) is 7.00. The number of phenolic OH excluding ortho intramolecular Hbond substituents is 1. The maximum Gasteiger partial charge on any atom is 0.255 e. The van der Waals surface area contributed by atoms with E-state index in [-0.39, 0.29) is 35.8 Å². The van der Waals surface area contributed by atoms with E-state index >= 15 is 0 Å². The summed E-state index contributed by atoms with van der Waals surface area (Å²) >= 11 is 0. The molecule has 2 fully saturated rings. The lowest BCUT2D eigenvalue weighted by atomic mass is 9.57. The first-order chi connectivity index (χ1) is 17.9. The van der Waals surface area contributed by atoms with Crippen molar-refractivity contribution in [1.82, 2.24) is 4.90 Å². The number of carbonyl (C=O) groups is 3. The summed E-state index contributed by atoms with van der Waals surface area (Å²) in [5, 5.41) is 48.2. The lowest BCUT2D eigenvalue weighted by Crippen LogP contribution is -2.65. The van der Waals surface area contributed by atoms with Crippen LogP contribution in [0.4, 0.5) is 5.69 Å². The topological polar surface area (TPSA) is 173 Å². The van der Waals surface area contributed by atoms with Gasteiger partial charge in [0.25, 0.3) is 5.91 Å². The number of nitrogens with two attached hydrogens (primary N) is 1. The quantitative estimate of drug-likeness (QED) is 0.254. The molecule has 10 nitrogen and oxygen atoms in total. The van der Waals surface area contributed by atoms with Gasteiger partial charge < -0.3 is 31.5 Å². The second-order valence-electron chi connectivity index (χ2n) is 11.5. The zero-order valence-corrected chi connectivity index (χ0v) is 21.8. The fraction of sp³-hybridized carbons (Fsp3) is 0.536. The fourth-order valence-electron chi connectivity index (χ4n) is 7.00. The van der Waals surface area contributed by atoms with Crippen LogP contribution < -0.4 is 11.1 Å². The maximum atomic E-state index is 13.9. The Labute approximate surface area is 220 Å². The minimum Gasteiger partial charge on any atom is -0.508 e. The van der Waals surface area contributed by atoms with Gasteiger partial charge in [-0.15, -0.1) is 0 Å². The molecule has 0 saturated heterocycles. The normalized spacial score (nSPS) is 33.1. The SMILES string of the molecule is CC1CCC(Nc2ccc(O)c3c2CC2CC4C(N(C)C)C(=O)C(C(N)=O)=C(O)C4(O)C(=O)C2=C3O)CC1. The number of ketones is 2. The van der Waals surface area contributed by atoms with Gasteiger partial charge >= 0.3 is 0 Å². The number of hydrogen-bond donors (Lipinski definition) is 6. The number of Topliss-reactive ketones (excluding diaryl/α,β-unsaturated/α-hetero) is 2. The van der Waals surface area contributed by atoms with Gasteiger partial charge in [0.05, 0.1) is 11.6 Å². The number of primary amides is 1. The molecule has 38 heavy (non-hydrogen) atoms. The van der Waals surface area contributed by atoms with E-state index in [1.165, 1.54) is 11.0 Å². The lowest BCUT2D eigenvalue weighted by molar-refractivity contribution is -0.153. The molecule has 1 aromatic rings. The summed E-state index contributed by atoms with van der Waals surface area (Å²) in [5.41, 5.74) is 3.30. The van der Waals surface area contributed by atoms with Crippen molar-refractivity contribution in [2.45, 2.75) is 63.1 Å². The number of nitrogens with zero attached hydrogens (tertiary/aromatic N) is 1. The number of benzene rings is 1. The van der Waals surface area contributed by atoms with Crippen LogP contribution in [0.2, 0.25) is 0 Å². The number of aliphatic hydroxyl groups excluding tert-OH is 2. The third-order valence-electron chi connectivity index (χ3n) is 8.98. The second kappa shape index (κ2) is 9.13. The highest BCUT2D eigenvalue weighted by molar-refractivity contribution is 6.24. The van der Waals surface area contributed by atoms with Crippen LogP contribution in [0.5, 0.6) is 5.75 Å². The van der Waals surface area contributed by atoms with E-state index in [1.807, 2.05) is 0 Å². The van der Waals surface area contributed by atoms with Crippen LogP contribution in [0.15, 0.2) is 29.0 Å². The molecule has 0 aliphatic heterocycles. The Hall–Kier alpha value is -3.37. The largest absolute Gasteiger partial charge is 0.508 e. The molecular weight excluding hydrogens is 490 g/mol. The first-order valence-corrected chi connectivity index (χ1v) is 13.1. The summed E-state index contributed by atoms with van der Waals surface area (Å²) in [5.74, 6) is -5.79. The van der Waals surface area contributed by atoms with E-state index in [0.29, 0.717) is 11.5 Å². The highest BCUT2D eigenvalue weighted by atomic mass is 16.3. The van der Waals surface area contributed by atoms with Crippen molar-refractivity contribution in [3.8, 4) is 5.75 Å². The van der Waals surface area contributed by atoms with Gasteiger partial charge in [0, 0.05) is 23.2 Å². The van der Waals surface area contributed by atoms with Crippen molar-refractivity contribution in [1.29, 1.82) is 0 Å². The molecule has 0 radical (unpaired) electrons. The number of fused-ring (bicyclic) bond motifs is 3. The van der Waals surface area contributed by atoms with Gasteiger partial charge in [-0.3, -0.25) is 19.3 Å².